The third-order valence-corrected chi connectivity index (χ3v) is 4.57. The molecule has 0 radical (unpaired) electrons. The Morgan fingerprint density at radius 3 is 2.83 bits per heavy atom. The lowest BCUT2D eigenvalue weighted by atomic mass is 10.3. The highest BCUT2D eigenvalue weighted by molar-refractivity contribution is 7.14. The minimum Gasteiger partial charge on any atom is -0.300 e. The van der Waals surface area contributed by atoms with E-state index in [0.29, 0.717) is 15.8 Å². The van der Waals surface area contributed by atoms with Gasteiger partial charge in [-0.15, -0.1) is 11.3 Å². The number of hydrogen-bond donors (Lipinski definition) is 1. The summed E-state index contributed by atoms with van der Waals surface area (Å²) in [6.45, 7) is 3.74. The second-order valence-electron chi connectivity index (χ2n) is 4.94. The Morgan fingerprint density at radius 2 is 2.17 bits per heavy atom. The van der Waals surface area contributed by atoms with Crippen LogP contribution in [-0.2, 0) is 11.3 Å². The summed E-state index contributed by atoms with van der Waals surface area (Å²) in [6, 6.07) is 5.61. The number of thiazole rings is 1. The van der Waals surface area contributed by atoms with E-state index in [9.17, 15) is 4.79 Å². The van der Waals surface area contributed by atoms with Gasteiger partial charge in [0.15, 0.2) is 5.13 Å². The number of anilines is 1. The van der Waals surface area contributed by atoms with Crippen molar-refractivity contribution in [3.63, 3.8) is 0 Å². The molecule has 3 aromatic heterocycles. The molecule has 0 unspecified atom stereocenters. The highest BCUT2D eigenvalue weighted by atomic mass is 35.5. The van der Waals surface area contributed by atoms with Gasteiger partial charge in [-0.25, -0.2) is 4.98 Å². The minimum atomic E-state index is -0.200. The maximum absolute atomic E-state index is 12.1. The smallest absolute Gasteiger partial charge is 0.247 e. The normalized spacial score (nSPS) is 10.7. The van der Waals surface area contributed by atoms with Crippen LogP contribution in [-0.4, -0.2) is 25.7 Å². The fourth-order valence-electron chi connectivity index (χ4n) is 2.09. The molecule has 3 aromatic rings. The van der Waals surface area contributed by atoms with Gasteiger partial charge in [-0.2, -0.15) is 5.10 Å². The molecule has 1 amide bonds. The second kappa shape index (κ2) is 6.47. The van der Waals surface area contributed by atoms with Gasteiger partial charge in [0.2, 0.25) is 5.91 Å². The number of carbonyl (C=O) groups is 1. The zero-order chi connectivity index (χ0) is 16.4. The largest absolute Gasteiger partial charge is 0.300 e. The van der Waals surface area contributed by atoms with E-state index in [1.165, 1.54) is 11.3 Å². The second-order valence-corrected chi connectivity index (χ2v) is 6.18. The monoisotopic (exact) mass is 347 g/mol. The molecule has 3 heterocycles. The SMILES string of the molecule is Cc1nn(CC(=O)Nc2nc(-c3ccccn3)cs2)c(C)c1Cl. The molecule has 6 nitrogen and oxygen atoms in total. The number of aromatic nitrogens is 4. The quantitative estimate of drug-likeness (QED) is 0.785. The van der Waals surface area contributed by atoms with Gasteiger partial charge in [0, 0.05) is 11.6 Å². The Labute approximate surface area is 142 Å². The first-order chi connectivity index (χ1) is 11.0. The molecule has 0 aliphatic carbocycles. The van der Waals surface area contributed by atoms with Gasteiger partial charge in [0.25, 0.3) is 0 Å². The molecule has 0 atom stereocenters. The Balaban J connectivity index is 1.69. The summed E-state index contributed by atoms with van der Waals surface area (Å²) in [7, 11) is 0. The van der Waals surface area contributed by atoms with E-state index in [0.717, 1.165) is 17.1 Å². The Kier molecular flexibility index (Phi) is 4.40. The molecule has 0 spiro atoms. The van der Waals surface area contributed by atoms with Crippen molar-refractivity contribution in [3.05, 3.63) is 46.2 Å². The van der Waals surface area contributed by atoms with E-state index in [4.69, 9.17) is 11.6 Å². The van der Waals surface area contributed by atoms with Gasteiger partial charge in [-0.1, -0.05) is 17.7 Å². The molecule has 0 bridgehead atoms. The zero-order valence-corrected chi connectivity index (χ0v) is 14.1. The van der Waals surface area contributed by atoms with Crippen LogP contribution < -0.4 is 5.32 Å². The van der Waals surface area contributed by atoms with E-state index in [1.54, 1.807) is 10.9 Å². The molecule has 0 aliphatic heterocycles. The molecule has 8 heteroatoms. The third-order valence-electron chi connectivity index (χ3n) is 3.26. The third kappa shape index (κ3) is 3.40. The first-order valence-corrected chi connectivity index (χ1v) is 8.16. The number of halogens is 1. The average molecular weight is 348 g/mol. The van der Waals surface area contributed by atoms with Crippen molar-refractivity contribution in [1.29, 1.82) is 0 Å². The van der Waals surface area contributed by atoms with Gasteiger partial charge in [-0.05, 0) is 26.0 Å². The topological polar surface area (TPSA) is 72.7 Å². The molecule has 1 N–H and O–H groups in total. The van der Waals surface area contributed by atoms with Gasteiger partial charge < -0.3 is 5.32 Å². The molecular weight excluding hydrogens is 334 g/mol. The maximum Gasteiger partial charge on any atom is 0.247 e. The number of amides is 1. The van der Waals surface area contributed by atoms with Crippen molar-refractivity contribution in [1.82, 2.24) is 19.7 Å². The summed E-state index contributed by atoms with van der Waals surface area (Å²) in [5.41, 5.74) is 2.99. The zero-order valence-electron chi connectivity index (χ0n) is 12.6. The standard InChI is InChI=1S/C15H14ClN5OS/c1-9-14(16)10(2)21(20-9)7-13(22)19-15-18-12(8-23-15)11-5-3-4-6-17-11/h3-6,8H,7H2,1-2H3,(H,18,19,22). The number of pyridine rings is 1. The predicted octanol–water partition coefficient (Wildman–Crippen LogP) is 3.31. The Morgan fingerprint density at radius 1 is 1.35 bits per heavy atom. The lowest BCUT2D eigenvalue weighted by molar-refractivity contribution is -0.116. The summed E-state index contributed by atoms with van der Waals surface area (Å²) in [5, 5.41) is 9.99. The van der Waals surface area contributed by atoms with Gasteiger partial charge in [-0.3, -0.25) is 14.5 Å². The Bertz CT molecular complexity index is 843. The van der Waals surface area contributed by atoms with Gasteiger partial charge in [0.05, 0.1) is 22.1 Å². The van der Waals surface area contributed by atoms with Crippen LogP contribution in [0.25, 0.3) is 11.4 Å². The van der Waals surface area contributed by atoms with Crippen molar-refractivity contribution in [2.24, 2.45) is 0 Å². The summed E-state index contributed by atoms with van der Waals surface area (Å²) >= 11 is 7.44. The highest BCUT2D eigenvalue weighted by Gasteiger charge is 2.13. The Hall–Kier alpha value is -2.25. The summed E-state index contributed by atoms with van der Waals surface area (Å²) in [4.78, 5) is 20.7. The van der Waals surface area contributed by atoms with Gasteiger partial charge in [0.1, 0.15) is 12.2 Å². The minimum absolute atomic E-state index is 0.0951. The molecule has 0 aliphatic rings. The van der Waals surface area contributed by atoms with Crippen LogP contribution in [0.2, 0.25) is 5.02 Å². The predicted molar refractivity (Wildman–Crippen MR) is 90.7 cm³/mol. The van der Waals surface area contributed by atoms with Crippen LogP contribution in [0, 0.1) is 13.8 Å². The van der Waals surface area contributed by atoms with Crippen molar-refractivity contribution in [2.75, 3.05) is 5.32 Å². The molecule has 3 rings (SSSR count). The van der Waals surface area contributed by atoms with Crippen molar-refractivity contribution in [2.45, 2.75) is 20.4 Å². The van der Waals surface area contributed by atoms with Gasteiger partial charge >= 0.3 is 0 Å². The molecule has 23 heavy (non-hydrogen) atoms. The lowest BCUT2D eigenvalue weighted by Crippen LogP contribution is -2.20. The lowest BCUT2D eigenvalue weighted by Gasteiger charge is -2.04. The van der Waals surface area contributed by atoms with E-state index in [2.05, 4.69) is 20.4 Å². The van der Waals surface area contributed by atoms with Crippen LogP contribution in [0.15, 0.2) is 29.8 Å². The van der Waals surface area contributed by atoms with Crippen molar-refractivity contribution < 1.29 is 4.79 Å². The number of rotatable bonds is 4. The number of hydrogen-bond acceptors (Lipinski definition) is 5. The van der Waals surface area contributed by atoms with Crippen LogP contribution in [0.4, 0.5) is 5.13 Å². The molecule has 118 valence electrons. The number of aryl methyl sites for hydroxylation is 1. The van der Waals surface area contributed by atoms with E-state index < -0.39 is 0 Å². The average Bonchev–Trinajstić information content (AvgIpc) is 3.10. The van der Waals surface area contributed by atoms with Crippen molar-refractivity contribution in [3.8, 4) is 11.4 Å². The first-order valence-electron chi connectivity index (χ1n) is 6.91. The van der Waals surface area contributed by atoms with Crippen LogP contribution >= 0.6 is 22.9 Å². The van der Waals surface area contributed by atoms with Crippen LogP contribution in [0.5, 0.6) is 0 Å². The van der Waals surface area contributed by atoms with Crippen molar-refractivity contribution >= 4 is 34.0 Å². The molecule has 0 fully saturated rings. The maximum atomic E-state index is 12.1. The van der Waals surface area contributed by atoms with Crippen LogP contribution in [0.1, 0.15) is 11.4 Å². The molecule has 0 saturated carbocycles. The van der Waals surface area contributed by atoms with E-state index >= 15 is 0 Å². The number of nitrogens with zero attached hydrogens (tertiary/aromatic N) is 4. The molecule has 0 aromatic carbocycles. The summed E-state index contributed by atoms with van der Waals surface area (Å²) in [6.07, 6.45) is 1.71. The van der Waals surface area contributed by atoms with E-state index in [-0.39, 0.29) is 12.5 Å². The highest BCUT2D eigenvalue weighted by Crippen LogP contribution is 2.23. The fraction of sp³-hybridized carbons (Fsp3) is 0.200. The summed E-state index contributed by atoms with van der Waals surface area (Å²) in [5.74, 6) is -0.200. The summed E-state index contributed by atoms with van der Waals surface area (Å²) < 4.78 is 1.58. The van der Waals surface area contributed by atoms with Crippen LogP contribution in [0.3, 0.4) is 0 Å². The molecule has 0 saturated heterocycles. The number of nitrogens with one attached hydrogen (secondary N) is 1. The molecular formula is C15H14ClN5OS. The fourth-order valence-corrected chi connectivity index (χ4v) is 2.94. The number of carbonyl (C=O) groups excluding carboxylic acids is 1. The first kappa shape index (κ1) is 15.6. The van der Waals surface area contributed by atoms with E-state index in [1.807, 2.05) is 37.4 Å².